The van der Waals surface area contributed by atoms with Gasteiger partial charge in [-0.25, -0.2) is 0 Å². The lowest BCUT2D eigenvalue weighted by molar-refractivity contribution is -0.386. The minimum Gasteiger partial charge on any atom is -0.347 e. The lowest BCUT2D eigenvalue weighted by Crippen LogP contribution is -2.26. The quantitative estimate of drug-likeness (QED) is 0.496. The summed E-state index contributed by atoms with van der Waals surface area (Å²) in [7, 11) is 0. The number of nitrogens with zero attached hydrogens (tertiary/aromatic N) is 5. The van der Waals surface area contributed by atoms with Crippen LogP contribution in [0.1, 0.15) is 33.5 Å². The first kappa shape index (κ1) is 18.2. The molecular weight excluding hydrogens is 352 g/mol. The predicted octanol–water partition coefficient (Wildman–Crippen LogP) is 1.81. The molecule has 0 unspecified atom stereocenters. The van der Waals surface area contributed by atoms with E-state index in [2.05, 4.69) is 20.6 Å². The van der Waals surface area contributed by atoms with Crippen molar-refractivity contribution >= 4 is 11.6 Å². The number of rotatable bonds is 7. The maximum Gasteiger partial charge on any atom is 0.316 e. The van der Waals surface area contributed by atoms with Gasteiger partial charge in [0.2, 0.25) is 0 Å². The van der Waals surface area contributed by atoms with Crippen LogP contribution >= 0.6 is 0 Å². The highest BCUT2D eigenvalue weighted by Gasteiger charge is 2.23. The Hall–Kier alpha value is -3.56. The molecule has 0 atom stereocenters. The number of amides is 1. The van der Waals surface area contributed by atoms with E-state index in [4.69, 9.17) is 4.52 Å². The van der Waals surface area contributed by atoms with Crippen LogP contribution < -0.4 is 5.32 Å². The molecule has 3 rings (SSSR count). The topological polar surface area (TPSA) is 129 Å². The molecule has 0 aliphatic rings. The molecule has 10 heteroatoms. The number of hydrogen-bond acceptors (Lipinski definition) is 7. The molecule has 0 bridgehead atoms. The van der Waals surface area contributed by atoms with Crippen LogP contribution in [0.5, 0.6) is 0 Å². The van der Waals surface area contributed by atoms with E-state index >= 15 is 0 Å². The van der Waals surface area contributed by atoms with Crippen molar-refractivity contribution in [3.05, 3.63) is 69.1 Å². The van der Waals surface area contributed by atoms with Crippen LogP contribution in [-0.2, 0) is 13.0 Å². The second-order valence-electron chi connectivity index (χ2n) is 5.94. The van der Waals surface area contributed by atoms with Crippen molar-refractivity contribution in [2.45, 2.75) is 26.8 Å². The van der Waals surface area contributed by atoms with Gasteiger partial charge >= 0.3 is 17.5 Å². The number of carbonyl (C=O) groups excluding carboxylic acids is 1. The SMILES string of the molecule is Cc1nn(Cc2noc(C(=O)NCCc3ccccc3)n2)c(C)c1[N+](=O)[O-]. The molecule has 1 amide bonds. The molecule has 0 aliphatic heterocycles. The minimum atomic E-state index is -0.476. The molecular formula is C17H18N6O4. The normalized spacial score (nSPS) is 10.7. The van der Waals surface area contributed by atoms with Gasteiger partial charge in [0, 0.05) is 6.54 Å². The molecule has 1 aromatic carbocycles. The largest absolute Gasteiger partial charge is 0.347 e. The number of benzene rings is 1. The summed E-state index contributed by atoms with van der Waals surface area (Å²) >= 11 is 0. The number of aromatic nitrogens is 4. The van der Waals surface area contributed by atoms with Crippen LogP contribution in [0.3, 0.4) is 0 Å². The van der Waals surface area contributed by atoms with E-state index in [9.17, 15) is 14.9 Å². The van der Waals surface area contributed by atoms with E-state index in [-0.39, 0.29) is 23.9 Å². The second kappa shape index (κ2) is 7.77. The zero-order chi connectivity index (χ0) is 19.4. The molecule has 140 valence electrons. The average Bonchev–Trinajstić information content (AvgIpc) is 3.21. The first-order valence-electron chi connectivity index (χ1n) is 8.29. The van der Waals surface area contributed by atoms with Gasteiger partial charge in [0.05, 0.1) is 4.92 Å². The summed E-state index contributed by atoms with van der Waals surface area (Å²) < 4.78 is 6.39. The fourth-order valence-electron chi connectivity index (χ4n) is 2.69. The Labute approximate surface area is 154 Å². The standard InChI is InChI=1S/C17H18N6O4/c1-11-15(23(25)26)12(2)22(20-11)10-14-19-17(27-21-14)16(24)18-9-8-13-6-4-3-5-7-13/h3-7H,8-10H2,1-2H3,(H,18,24). The second-order valence-corrected chi connectivity index (χ2v) is 5.94. The first-order valence-corrected chi connectivity index (χ1v) is 8.29. The third kappa shape index (κ3) is 4.17. The summed E-state index contributed by atoms with van der Waals surface area (Å²) in [5, 5.41) is 21.6. The van der Waals surface area contributed by atoms with Crippen molar-refractivity contribution in [1.82, 2.24) is 25.2 Å². The van der Waals surface area contributed by atoms with Gasteiger partial charge in [-0.05, 0) is 25.8 Å². The van der Waals surface area contributed by atoms with Crippen molar-refractivity contribution in [2.24, 2.45) is 0 Å². The third-order valence-electron chi connectivity index (χ3n) is 4.02. The Morgan fingerprint density at radius 3 is 2.70 bits per heavy atom. The fraction of sp³-hybridized carbons (Fsp3) is 0.294. The molecule has 0 saturated carbocycles. The molecule has 0 radical (unpaired) electrons. The Morgan fingerprint density at radius 1 is 1.30 bits per heavy atom. The summed E-state index contributed by atoms with van der Waals surface area (Å²) in [4.78, 5) is 26.7. The van der Waals surface area contributed by atoms with E-state index < -0.39 is 10.8 Å². The Balaban J connectivity index is 1.60. The fourth-order valence-corrected chi connectivity index (χ4v) is 2.69. The summed E-state index contributed by atoms with van der Waals surface area (Å²) in [6.45, 7) is 3.66. The smallest absolute Gasteiger partial charge is 0.316 e. The minimum absolute atomic E-state index is 0.0441. The van der Waals surface area contributed by atoms with Gasteiger partial charge in [-0.2, -0.15) is 10.1 Å². The van der Waals surface area contributed by atoms with Crippen molar-refractivity contribution < 1.29 is 14.2 Å². The van der Waals surface area contributed by atoms with Gasteiger partial charge in [0.1, 0.15) is 17.9 Å². The van der Waals surface area contributed by atoms with Gasteiger partial charge < -0.3 is 9.84 Å². The van der Waals surface area contributed by atoms with E-state index in [1.165, 1.54) is 4.68 Å². The Kier molecular flexibility index (Phi) is 5.25. The first-order chi connectivity index (χ1) is 13.0. The van der Waals surface area contributed by atoms with E-state index in [1.54, 1.807) is 13.8 Å². The molecule has 0 saturated heterocycles. The van der Waals surface area contributed by atoms with Crippen molar-refractivity contribution in [2.75, 3.05) is 6.54 Å². The molecule has 1 N–H and O–H groups in total. The van der Waals surface area contributed by atoms with Crippen molar-refractivity contribution in [3.63, 3.8) is 0 Å². The highest BCUT2D eigenvalue weighted by atomic mass is 16.6. The lowest BCUT2D eigenvalue weighted by Gasteiger charge is -2.02. The monoisotopic (exact) mass is 370 g/mol. The predicted molar refractivity (Wildman–Crippen MR) is 94.2 cm³/mol. The van der Waals surface area contributed by atoms with Crippen LogP contribution in [0.4, 0.5) is 5.69 Å². The number of nitro groups is 1. The molecule has 2 heterocycles. The number of hydrogen-bond donors (Lipinski definition) is 1. The molecule has 2 aromatic heterocycles. The van der Waals surface area contributed by atoms with Crippen LogP contribution in [-0.4, -0.2) is 37.3 Å². The van der Waals surface area contributed by atoms with Crippen LogP contribution in [0.15, 0.2) is 34.9 Å². The molecule has 10 nitrogen and oxygen atoms in total. The van der Waals surface area contributed by atoms with Crippen LogP contribution in [0.2, 0.25) is 0 Å². The molecule has 27 heavy (non-hydrogen) atoms. The Morgan fingerprint density at radius 2 is 2.04 bits per heavy atom. The van der Waals surface area contributed by atoms with Crippen molar-refractivity contribution in [3.8, 4) is 0 Å². The van der Waals surface area contributed by atoms with Gasteiger partial charge in [0.25, 0.3) is 0 Å². The maximum atomic E-state index is 12.1. The zero-order valence-electron chi connectivity index (χ0n) is 14.9. The number of carbonyl (C=O) groups is 1. The summed E-state index contributed by atoms with van der Waals surface area (Å²) in [6.07, 6.45) is 0.684. The molecule has 0 spiro atoms. The summed E-state index contributed by atoms with van der Waals surface area (Å²) in [6, 6.07) is 9.75. The lowest BCUT2D eigenvalue weighted by atomic mass is 10.1. The van der Waals surface area contributed by atoms with Gasteiger partial charge in [0.15, 0.2) is 5.82 Å². The van der Waals surface area contributed by atoms with E-state index in [1.807, 2.05) is 30.3 Å². The van der Waals surface area contributed by atoms with Gasteiger partial charge in [-0.3, -0.25) is 19.6 Å². The Bertz CT molecular complexity index is 963. The van der Waals surface area contributed by atoms with Gasteiger partial charge in [-0.15, -0.1) is 0 Å². The highest BCUT2D eigenvalue weighted by Crippen LogP contribution is 2.22. The maximum absolute atomic E-state index is 12.1. The van der Waals surface area contributed by atoms with E-state index in [0.29, 0.717) is 24.4 Å². The van der Waals surface area contributed by atoms with E-state index in [0.717, 1.165) is 5.56 Å². The average molecular weight is 370 g/mol. The summed E-state index contributed by atoms with van der Waals surface area (Å²) in [5.74, 6) is -0.415. The molecule has 0 fully saturated rings. The van der Waals surface area contributed by atoms with Gasteiger partial charge in [-0.1, -0.05) is 35.5 Å². The number of nitrogens with one attached hydrogen (secondary N) is 1. The molecule has 0 aliphatic carbocycles. The highest BCUT2D eigenvalue weighted by molar-refractivity contribution is 5.89. The number of aryl methyl sites for hydroxylation is 1. The third-order valence-corrected chi connectivity index (χ3v) is 4.02. The van der Waals surface area contributed by atoms with Crippen LogP contribution in [0.25, 0.3) is 0 Å². The van der Waals surface area contributed by atoms with Crippen molar-refractivity contribution in [1.29, 1.82) is 0 Å². The van der Waals surface area contributed by atoms with Crippen LogP contribution in [0, 0.1) is 24.0 Å². The summed E-state index contributed by atoms with van der Waals surface area (Å²) in [5.41, 5.74) is 1.75. The zero-order valence-corrected chi connectivity index (χ0v) is 14.9. The molecule has 3 aromatic rings.